The summed E-state index contributed by atoms with van der Waals surface area (Å²) in [5.41, 5.74) is 3.37. The highest BCUT2D eigenvalue weighted by Crippen LogP contribution is 2.23. The zero-order valence-electron chi connectivity index (χ0n) is 15.4. The molecule has 1 heterocycles. The van der Waals surface area contributed by atoms with E-state index < -0.39 is 0 Å². The molecule has 0 aromatic heterocycles. The number of nitrogens with one attached hydrogen (secondary N) is 1. The Morgan fingerprint density at radius 3 is 2.12 bits per heavy atom. The molecule has 1 amide bonds. The predicted molar refractivity (Wildman–Crippen MR) is 104 cm³/mol. The number of hydrogen-bond acceptors (Lipinski definition) is 2. The highest BCUT2D eigenvalue weighted by molar-refractivity contribution is 5.84. The van der Waals surface area contributed by atoms with Crippen LogP contribution in [0, 0.1) is 11.8 Å². The molecule has 1 N–H and O–H groups in total. The van der Waals surface area contributed by atoms with E-state index in [1.54, 1.807) is 0 Å². The number of rotatable bonds is 4. The van der Waals surface area contributed by atoms with Crippen molar-refractivity contribution in [1.29, 1.82) is 0 Å². The Kier molecular flexibility index (Phi) is 5.42. The van der Waals surface area contributed by atoms with Crippen LogP contribution < -0.4 is 5.32 Å². The number of likely N-dealkylation sites (tertiary alicyclic amines) is 1. The summed E-state index contributed by atoms with van der Waals surface area (Å²) in [7, 11) is 0. The Labute approximate surface area is 151 Å². The van der Waals surface area contributed by atoms with Gasteiger partial charge in [0.15, 0.2) is 0 Å². The zero-order valence-corrected chi connectivity index (χ0v) is 15.4. The van der Waals surface area contributed by atoms with Crippen molar-refractivity contribution < 1.29 is 4.79 Å². The van der Waals surface area contributed by atoms with E-state index in [2.05, 4.69) is 43.4 Å². The lowest BCUT2D eigenvalue weighted by Gasteiger charge is -2.36. The summed E-state index contributed by atoms with van der Waals surface area (Å²) < 4.78 is 0. The smallest absolute Gasteiger partial charge is 0.244 e. The van der Waals surface area contributed by atoms with Crippen molar-refractivity contribution in [2.24, 2.45) is 11.8 Å². The summed E-state index contributed by atoms with van der Waals surface area (Å²) in [5.74, 6) is 1.38. The van der Waals surface area contributed by atoms with E-state index >= 15 is 0 Å². The highest BCUT2D eigenvalue weighted by Gasteiger charge is 2.28. The molecule has 3 atom stereocenters. The molecule has 0 bridgehead atoms. The molecular weight excluding hydrogens is 308 g/mol. The average molecular weight is 336 g/mol. The average Bonchev–Trinajstić information content (AvgIpc) is 2.61. The van der Waals surface area contributed by atoms with Crippen molar-refractivity contribution in [3.05, 3.63) is 54.6 Å². The summed E-state index contributed by atoms with van der Waals surface area (Å²) in [4.78, 5) is 14.8. The molecular formula is C22H28N2O. The summed E-state index contributed by atoms with van der Waals surface area (Å²) in [6, 6.07) is 18.4. The van der Waals surface area contributed by atoms with Gasteiger partial charge in [0.1, 0.15) is 6.04 Å². The van der Waals surface area contributed by atoms with Gasteiger partial charge in [-0.3, -0.25) is 4.79 Å². The minimum atomic E-state index is -0.208. The zero-order chi connectivity index (χ0) is 17.8. The molecule has 2 aromatic rings. The normalized spacial score (nSPS) is 21.6. The maximum Gasteiger partial charge on any atom is 0.244 e. The van der Waals surface area contributed by atoms with Crippen molar-refractivity contribution in [1.82, 2.24) is 4.90 Å². The van der Waals surface area contributed by atoms with Crippen LogP contribution in [0.5, 0.6) is 0 Å². The second-order valence-electron chi connectivity index (χ2n) is 7.50. The molecule has 2 aromatic carbocycles. The molecule has 1 saturated heterocycles. The fourth-order valence-corrected chi connectivity index (χ4v) is 3.82. The SMILES string of the molecule is CC1CC(C)CN(C(=O)C(C)Nc2ccc(-c3ccccc3)cc2)C1. The van der Waals surface area contributed by atoms with Crippen molar-refractivity contribution in [3.63, 3.8) is 0 Å². The Balaban J connectivity index is 1.62. The predicted octanol–water partition coefficient (Wildman–Crippen LogP) is 4.66. The number of amides is 1. The molecule has 132 valence electrons. The number of hydrogen-bond donors (Lipinski definition) is 1. The second kappa shape index (κ2) is 7.73. The first kappa shape index (κ1) is 17.5. The van der Waals surface area contributed by atoms with Crippen LogP contribution in [0.2, 0.25) is 0 Å². The molecule has 1 aliphatic rings. The van der Waals surface area contributed by atoms with Gasteiger partial charge in [-0.05, 0) is 48.4 Å². The molecule has 0 saturated carbocycles. The molecule has 25 heavy (non-hydrogen) atoms. The molecule has 3 unspecified atom stereocenters. The van der Waals surface area contributed by atoms with Gasteiger partial charge in [0.25, 0.3) is 0 Å². The van der Waals surface area contributed by atoms with E-state index in [1.165, 1.54) is 17.5 Å². The van der Waals surface area contributed by atoms with Gasteiger partial charge in [0.05, 0.1) is 0 Å². The third-order valence-electron chi connectivity index (χ3n) is 4.93. The van der Waals surface area contributed by atoms with Crippen LogP contribution in [-0.4, -0.2) is 29.9 Å². The van der Waals surface area contributed by atoms with Gasteiger partial charge in [0.2, 0.25) is 5.91 Å². The summed E-state index contributed by atoms with van der Waals surface area (Å²) in [5, 5.41) is 3.36. The third kappa shape index (κ3) is 4.41. The number of carbonyl (C=O) groups excluding carboxylic acids is 1. The fourth-order valence-electron chi connectivity index (χ4n) is 3.82. The van der Waals surface area contributed by atoms with Gasteiger partial charge in [-0.15, -0.1) is 0 Å². The number of benzene rings is 2. The molecule has 0 radical (unpaired) electrons. The summed E-state index contributed by atoms with van der Waals surface area (Å²) >= 11 is 0. The molecule has 3 nitrogen and oxygen atoms in total. The van der Waals surface area contributed by atoms with Crippen LogP contribution >= 0.6 is 0 Å². The summed E-state index contributed by atoms with van der Waals surface area (Å²) in [6.07, 6.45) is 1.21. The largest absolute Gasteiger partial charge is 0.374 e. The van der Waals surface area contributed by atoms with Gasteiger partial charge in [0, 0.05) is 18.8 Å². The minimum absolute atomic E-state index is 0.200. The standard InChI is InChI=1S/C22H28N2O/c1-16-13-17(2)15-24(14-16)22(25)18(3)23-21-11-9-20(10-12-21)19-7-5-4-6-8-19/h4-12,16-18,23H,13-15H2,1-3H3. The first-order valence-corrected chi connectivity index (χ1v) is 9.23. The van der Waals surface area contributed by atoms with Crippen molar-refractivity contribution in [3.8, 4) is 11.1 Å². The van der Waals surface area contributed by atoms with Crippen molar-refractivity contribution in [2.45, 2.75) is 33.2 Å². The second-order valence-corrected chi connectivity index (χ2v) is 7.50. The van der Waals surface area contributed by atoms with E-state index in [4.69, 9.17) is 0 Å². The Morgan fingerprint density at radius 2 is 1.52 bits per heavy atom. The molecule has 3 rings (SSSR count). The number of nitrogens with zero attached hydrogens (tertiary/aromatic N) is 1. The van der Waals surface area contributed by atoms with Crippen LogP contribution in [-0.2, 0) is 4.79 Å². The number of carbonyl (C=O) groups is 1. The Morgan fingerprint density at radius 1 is 0.960 bits per heavy atom. The van der Waals surface area contributed by atoms with Crippen LogP contribution in [0.4, 0.5) is 5.69 Å². The van der Waals surface area contributed by atoms with Crippen LogP contribution in [0.1, 0.15) is 27.2 Å². The first-order chi connectivity index (χ1) is 12.0. The number of piperidine rings is 1. The lowest BCUT2D eigenvalue weighted by Crippen LogP contribution is -2.48. The maximum absolute atomic E-state index is 12.7. The molecule has 1 aliphatic heterocycles. The Bertz CT molecular complexity index is 686. The summed E-state index contributed by atoms with van der Waals surface area (Å²) in [6.45, 7) is 8.17. The van der Waals surface area contributed by atoms with Gasteiger partial charge in [-0.2, -0.15) is 0 Å². The van der Waals surface area contributed by atoms with Crippen LogP contribution in [0.3, 0.4) is 0 Å². The van der Waals surface area contributed by atoms with Crippen LogP contribution in [0.25, 0.3) is 11.1 Å². The molecule has 3 heteroatoms. The fraction of sp³-hybridized carbons (Fsp3) is 0.409. The number of anilines is 1. The van der Waals surface area contributed by atoms with Crippen molar-refractivity contribution in [2.75, 3.05) is 18.4 Å². The minimum Gasteiger partial charge on any atom is -0.374 e. The quantitative estimate of drug-likeness (QED) is 0.881. The topological polar surface area (TPSA) is 32.3 Å². The van der Waals surface area contributed by atoms with E-state index in [1.807, 2.05) is 42.2 Å². The van der Waals surface area contributed by atoms with E-state index in [0.29, 0.717) is 11.8 Å². The van der Waals surface area contributed by atoms with E-state index in [-0.39, 0.29) is 11.9 Å². The third-order valence-corrected chi connectivity index (χ3v) is 4.93. The highest BCUT2D eigenvalue weighted by atomic mass is 16.2. The van der Waals surface area contributed by atoms with E-state index in [0.717, 1.165) is 18.8 Å². The van der Waals surface area contributed by atoms with Gasteiger partial charge < -0.3 is 10.2 Å². The van der Waals surface area contributed by atoms with Crippen molar-refractivity contribution >= 4 is 11.6 Å². The molecule has 1 fully saturated rings. The monoisotopic (exact) mass is 336 g/mol. The van der Waals surface area contributed by atoms with E-state index in [9.17, 15) is 4.79 Å². The molecule has 0 spiro atoms. The Hall–Kier alpha value is -2.29. The first-order valence-electron chi connectivity index (χ1n) is 9.23. The van der Waals surface area contributed by atoms with Gasteiger partial charge in [-0.1, -0.05) is 56.3 Å². The molecule has 0 aliphatic carbocycles. The maximum atomic E-state index is 12.7. The van der Waals surface area contributed by atoms with Gasteiger partial charge in [-0.25, -0.2) is 0 Å². The lowest BCUT2D eigenvalue weighted by molar-refractivity contribution is -0.134. The lowest BCUT2D eigenvalue weighted by atomic mass is 9.91. The van der Waals surface area contributed by atoms with Crippen LogP contribution in [0.15, 0.2) is 54.6 Å². The van der Waals surface area contributed by atoms with Gasteiger partial charge >= 0.3 is 0 Å².